The van der Waals surface area contributed by atoms with Crippen LogP contribution >= 0.6 is 0 Å². The normalized spacial score (nSPS) is 11.6. The summed E-state index contributed by atoms with van der Waals surface area (Å²) in [5.74, 6) is 0. The van der Waals surface area contributed by atoms with Gasteiger partial charge in [0.15, 0.2) is 0 Å². The minimum Gasteiger partial charge on any atom is -0.381 e. The first kappa shape index (κ1) is 26.7. The Hall–Kier alpha value is -0.340. The zero-order valence-electron chi connectivity index (χ0n) is 18.7. The van der Waals surface area contributed by atoms with Gasteiger partial charge in [-0.25, -0.2) is 0 Å². The number of hydrogen-bond donors (Lipinski definition) is 1. The molecule has 0 aliphatic carbocycles. The van der Waals surface area contributed by atoms with Crippen LogP contribution in [0.1, 0.15) is 129 Å². The lowest BCUT2D eigenvalue weighted by molar-refractivity contribution is 0.125. The van der Waals surface area contributed by atoms with Crippen molar-refractivity contribution in [3.8, 4) is 0 Å². The molecule has 0 aromatic rings. The lowest BCUT2D eigenvalue weighted by Crippen LogP contribution is -1.99. The molecule has 0 heterocycles. The third kappa shape index (κ3) is 25.7. The maximum atomic E-state index is 5.73. The largest absolute Gasteiger partial charge is 0.381 e. The SMILES string of the molecule is CCCCCCCC/C=C\CCCCCCCCOCCCCCCCN. The van der Waals surface area contributed by atoms with Crippen molar-refractivity contribution in [3.05, 3.63) is 12.2 Å². The molecule has 0 atom stereocenters. The van der Waals surface area contributed by atoms with Crippen molar-refractivity contribution in [1.29, 1.82) is 0 Å². The molecule has 0 unspecified atom stereocenters. The molecule has 0 bridgehead atoms. The highest BCUT2D eigenvalue weighted by molar-refractivity contribution is 4.81. The van der Waals surface area contributed by atoms with Crippen molar-refractivity contribution in [2.24, 2.45) is 5.73 Å². The molecular formula is C25H51NO. The molecule has 0 amide bonds. The average Bonchev–Trinajstić information content (AvgIpc) is 2.68. The molecule has 0 radical (unpaired) electrons. The second kappa shape index (κ2) is 25.7. The fraction of sp³-hybridized carbons (Fsp3) is 0.920. The molecule has 0 saturated carbocycles. The van der Waals surface area contributed by atoms with E-state index in [2.05, 4.69) is 19.1 Å². The van der Waals surface area contributed by atoms with E-state index >= 15 is 0 Å². The third-order valence-electron chi connectivity index (χ3n) is 5.29. The van der Waals surface area contributed by atoms with Crippen LogP contribution < -0.4 is 5.73 Å². The first-order chi connectivity index (χ1) is 13.4. The number of allylic oxidation sites excluding steroid dienone is 2. The van der Waals surface area contributed by atoms with Gasteiger partial charge in [0.05, 0.1) is 0 Å². The zero-order valence-corrected chi connectivity index (χ0v) is 18.7. The highest BCUT2D eigenvalue weighted by atomic mass is 16.5. The maximum absolute atomic E-state index is 5.73. The van der Waals surface area contributed by atoms with Gasteiger partial charge < -0.3 is 10.5 Å². The van der Waals surface area contributed by atoms with E-state index in [0.29, 0.717) is 0 Å². The van der Waals surface area contributed by atoms with Gasteiger partial charge in [-0.3, -0.25) is 0 Å². The Balaban J connectivity index is 3.03. The molecule has 0 spiro atoms. The van der Waals surface area contributed by atoms with Gasteiger partial charge in [0, 0.05) is 13.2 Å². The summed E-state index contributed by atoms with van der Waals surface area (Å²) in [6.07, 6.45) is 30.2. The van der Waals surface area contributed by atoms with E-state index in [0.717, 1.165) is 19.8 Å². The topological polar surface area (TPSA) is 35.2 Å². The maximum Gasteiger partial charge on any atom is 0.0466 e. The van der Waals surface area contributed by atoms with Crippen LogP contribution in [0.5, 0.6) is 0 Å². The summed E-state index contributed by atoms with van der Waals surface area (Å²) in [6, 6.07) is 0. The molecule has 0 aromatic carbocycles. The van der Waals surface area contributed by atoms with Gasteiger partial charge >= 0.3 is 0 Å². The molecule has 2 N–H and O–H groups in total. The van der Waals surface area contributed by atoms with Gasteiger partial charge in [-0.05, 0) is 51.5 Å². The predicted octanol–water partition coefficient (Wildman–Crippen LogP) is 7.95. The Morgan fingerprint density at radius 1 is 0.519 bits per heavy atom. The minimum absolute atomic E-state index is 0.840. The second-order valence-corrected chi connectivity index (χ2v) is 8.11. The van der Waals surface area contributed by atoms with Crippen molar-refractivity contribution >= 4 is 0 Å². The smallest absolute Gasteiger partial charge is 0.0466 e. The average molecular weight is 382 g/mol. The van der Waals surface area contributed by atoms with Gasteiger partial charge in [0.25, 0.3) is 0 Å². The van der Waals surface area contributed by atoms with Gasteiger partial charge in [0.2, 0.25) is 0 Å². The molecule has 2 nitrogen and oxygen atoms in total. The molecule has 2 heteroatoms. The van der Waals surface area contributed by atoms with Crippen molar-refractivity contribution in [3.63, 3.8) is 0 Å². The van der Waals surface area contributed by atoms with E-state index in [4.69, 9.17) is 10.5 Å². The zero-order chi connectivity index (χ0) is 19.7. The number of nitrogens with two attached hydrogens (primary N) is 1. The van der Waals surface area contributed by atoms with E-state index in [1.165, 1.54) is 122 Å². The van der Waals surface area contributed by atoms with Gasteiger partial charge in [-0.15, -0.1) is 0 Å². The minimum atomic E-state index is 0.840. The summed E-state index contributed by atoms with van der Waals surface area (Å²) in [4.78, 5) is 0. The monoisotopic (exact) mass is 381 g/mol. The van der Waals surface area contributed by atoms with E-state index < -0.39 is 0 Å². The first-order valence-corrected chi connectivity index (χ1v) is 12.3. The van der Waals surface area contributed by atoms with E-state index in [-0.39, 0.29) is 0 Å². The Bertz CT molecular complexity index is 277. The van der Waals surface area contributed by atoms with Crippen LogP contribution in [-0.2, 0) is 4.74 Å². The van der Waals surface area contributed by atoms with Crippen LogP contribution in [0.15, 0.2) is 12.2 Å². The standard InChI is InChI=1S/C25H51NO/c1-2-3-4-5-6-7-8-9-10-11-12-13-14-15-18-21-24-27-25-22-19-16-17-20-23-26/h9-10H,2-8,11-26H2,1H3/b10-9-. The van der Waals surface area contributed by atoms with E-state index in [9.17, 15) is 0 Å². The second-order valence-electron chi connectivity index (χ2n) is 8.11. The predicted molar refractivity (Wildman–Crippen MR) is 122 cm³/mol. The molecule has 27 heavy (non-hydrogen) atoms. The van der Waals surface area contributed by atoms with Gasteiger partial charge in [-0.2, -0.15) is 0 Å². The quantitative estimate of drug-likeness (QED) is 0.144. The molecular weight excluding hydrogens is 330 g/mol. The summed E-state index contributed by atoms with van der Waals surface area (Å²) < 4.78 is 5.73. The lowest BCUT2D eigenvalue weighted by Gasteiger charge is -2.04. The highest BCUT2D eigenvalue weighted by Crippen LogP contribution is 2.10. The van der Waals surface area contributed by atoms with Crippen molar-refractivity contribution in [2.45, 2.75) is 129 Å². The molecule has 162 valence electrons. The summed E-state index contributed by atoms with van der Waals surface area (Å²) in [5.41, 5.74) is 5.49. The Kier molecular flexibility index (Phi) is 25.3. The van der Waals surface area contributed by atoms with Crippen molar-refractivity contribution in [2.75, 3.05) is 19.8 Å². The fourth-order valence-electron chi connectivity index (χ4n) is 3.43. The third-order valence-corrected chi connectivity index (χ3v) is 5.29. The summed E-state index contributed by atoms with van der Waals surface area (Å²) in [7, 11) is 0. The number of rotatable bonds is 23. The Morgan fingerprint density at radius 3 is 1.41 bits per heavy atom. The number of ether oxygens (including phenoxy) is 1. The van der Waals surface area contributed by atoms with Crippen molar-refractivity contribution < 1.29 is 4.74 Å². The van der Waals surface area contributed by atoms with Crippen LogP contribution in [0.25, 0.3) is 0 Å². The summed E-state index contributed by atoms with van der Waals surface area (Å²) >= 11 is 0. The van der Waals surface area contributed by atoms with Crippen molar-refractivity contribution in [1.82, 2.24) is 0 Å². The highest BCUT2D eigenvalue weighted by Gasteiger charge is 1.94. The molecule has 0 rings (SSSR count). The Morgan fingerprint density at radius 2 is 0.926 bits per heavy atom. The van der Waals surface area contributed by atoms with E-state index in [1.807, 2.05) is 0 Å². The number of unbranched alkanes of at least 4 members (excludes halogenated alkanes) is 16. The summed E-state index contributed by atoms with van der Waals surface area (Å²) in [6.45, 7) is 5.04. The molecule has 0 aliphatic heterocycles. The Labute approximate surface area is 171 Å². The number of hydrogen-bond acceptors (Lipinski definition) is 2. The van der Waals surface area contributed by atoms with Crippen LogP contribution in [0, 0.1) is 0 Å². The van der Waals surface area contributed by atoms with Gasteiger partial charge in [-0.1, -0.05) is 96.1 Å². The van der Waals surface area contributed by atoms with Crippen LogP contribution in [0.4, 0.5) is 0 Å². The first-order valence-electron chi connectivity index (χ1n) is 12.3. The summed E-state index contributed by atoms with van der Waals surface area (Å²) in [5, 5.41) is 0. The molecule has 0 saturated heterocycles. The van der Waals surface area contributed by atoms with Gasteiger partial charge in [0.1, 0.15) is 0 Å². The lowest BCUT2D eigenvalue weighted by atomic mass is 10.1. The van der Waals surface area contributed by atoms with Crippen LogP contribution in [0.3, 0.4) is 0 Å². The van der Waals surface area contributed by atoms with Crippen LogP contribution in [0.2, 0.25) is 0 Å². The molecule has 0 fully saturated rings. The fourth-order valence-corrected chi connectivity index (χ4v) is 3.43. The van der Waals surface area contributed by atoms with E-state index in [1.54, 1.807) is 0 Å². The molecule has 0 aromatic heterocycles. The van der Waals surface area contributed by atoms with Crippen LogP contribution in [-0.4, -0.2) is 19.8 Å². The molecule has 0 aliphatic rings.